The summed E-state index contributed by atoms with van der Waals surface area (Å²) in [6.45, 7) is 8.40. The highest BCUT2D eigenvalue weighted by Crippen LogP contribution is 2.29. The Labute approximate surface area is 137 Å². The molecule has 1 unspecified atom stereocenters. The van der Waals surface area contributed by atoms with Crippen LogP contribution in [0.3, 0.4) is 0 Å². The van der Waals surface area contributed by atoms with Crippen molar-refractivity contribution in [2.24, 2.45) is 5.92 Å². The van der Waals surface area contributed by atoms with Crippen molar-refractivity contribution in [1.29, 1.82) is 0 Å². The molecule has 0 bridgehead atoms. The first kappa shape index (κ1) is 16.8. The zero-order valence-corrected chi connectivity index (χ0v) is 14.9. The van der Waals surface area contributed by atoms with Gasteiger partial charge in [-0.1, -0.05) is 35.8 Å². The molecule has 1 atom stereocenters. The van der Waals surface area contributed by atoms with E-state index in [4.69, 9.17) is 4.74 Å². The lowest BCUT2D eigenvalue weighted by atomic mass is 9.97. The van der Waals surface area contributed by atoms with Gasteiger partial charge in [-0.05, 0) is 36.5 Å². The summed E-state index contributed by atoms with van der Waals surface area (Å²) in [5.41, 5.74) is 2.74. The Bertz CT molecular complexity index is 448. The molecule has 1 fully saturated rings. The second kappa shape index (κ2) is 8.16. The van der Waals surface area contributed by atoms with Gasteiger partial charge in [-0.25, -0.2) is 0 Å². The molecule has 1 N–H and O–H groups in total. The van der Waals surface area contributed by atoms with E-state index < -0.39 is 0 Å². The fourth-order valence-electron chi connectivity index (χ4n) is 2.95. The first-order chi connectivity index (χ1) is 10.1. The molecule has 2 rings (SSSR count). The molecule has 0 aromatic heterocycles. The average molecular weight is 355 g/mol. The van der Waals surface area contributed by atoms with Gasteiger partial charge in [0.25, 0.3) is 0 Å². The summed E-state index contributed by atoms with van der Waals surface area (Å²) >= 11 is 3.62. The molecule has 0 aliphatic carbocycles. The smallest absolute Gasteiger partial charge is 0.0507 e. The number of hydrogen-bond donors (Lipinski definition) is 1. The summed E-state index contributed by atoms with van der Waals surface area (Å²) in [5.74, 6) is 0.647. The van der Waals surface area contributed by atoms with Gasteiger partial charge in [-0.15, -0.1) is 0 Å². The second-order valence-corrected chi connectivity index (χ2v) is 7.13. The van der Waals surface area contributed by atoms with Crippen molar-refractivity contribution >= 4 is 21.6 Å². The van der Waals surface area contributed by atoms with E-state index in [1.54, 1.807) is 7.11 Å². The maximum absolute atomic E-state index is 5.35. The van der Waals surface area contributed by atoms with Crippen molar-refractivity contribution in [1.82, 2.24) is 5.32 Å². The summed E-state index contributed by atoms with van der Waals surface area (Å²) in [6.07, 6.45) is 2.52. The second-order valence-electron chi connectivity index (χ2n) is 6.22. The number of ether oxygens (including phenoxy) is 1. The summed E-state index contributed by atoms with van der Waals surface area (Å²) in [4.78, 5) is 2.52. The summed E-state index contributed by atoms with van der Waals surface area (Å²) in [6, 6.07) is 7.13. The van der Waals surface area contributed by atoms with Crippen LogP contribution in [-0.2, 0) is 11.3 Å². The Morgan fingerprint density at radius 3 is 2.95 bits per heavy atom. The third-order valence-corrected chi connectivity index (χ3v) is 4.50. The molecule has 1 aromatic carbocycles. The fraction of sp³-hybridized carbons (Fsp3) is 0.647. The minimum absolute atomic E-state index is 0.504. The molecule has 0 amide bonds. The number of piperidine rings is 1. The van der Waals surface area contributed by atoms with Crippen molar-refractivity contribution in [2.45, 2.75) is 39.3 Å². The highest BCUT2D eigenvalue weighted by molar-refractivity contribution is 9.10. The molecule has 1 saturated heterocycles. The highest BCUT2D eigenvalue weighted by Gasteiger charge is 2.21. The van der Waals surface area contributed by atoms with Crippen LogP contribution in [0.2, 0.25) is 0 Å². The van der Waals surface area contributed by atoms with E-state index in [2.05, 4.69) is 58.2 Å². The Balaban J connectivity index is 2.14. The van der Waals surface area contributed by atoms with Crippen molar-refractivity contribution in [3.63, 3.8) is 0 Å². The predicted octanol–water partition coefficient (Wildman–Crippen LogP) is 3.81. The van der Waals surface area contributed by atoms with Gasteiger partial charge in [0.2, 0.25) is 0 Å². The predicted molar refractivity (Wildman–Crippen MR) is 92.9 cm³/mol. The number of anilines is 1. The van der Waals surface area contributed by atoms with E-state index >= 15 is 0 Å². The molecule has 1 heterocycles. The zero-order valence-electron chi connectivity index (χ0n) is 13.4. The van der Waals surface area contributed by atoms with Gasteiger partial charge < -0.3 is 15.0 Å². The largest absolute Gasteiger partial charge is 0.384 e. The third-order valence-electron chi connectivity index (χ3n) is 4.01. The first-order valence-electron chi connectivity index (χ1n) is 7.86. The topological polar surface area (TPSA) is 24.5 Å². The maximum atomic E-state index is 5.35. The molecule has 4 heteroatoms. The van der Waals surface area contributed by atoms with Gasteiger partial charge in [0.15, 0.2) is 0 Å². The number of hydrogen-bond acceptors (Lipinski definition) is 3. The normalized spacial score (nSPS) is 19.3. The SMILES string of the molecule is COCC1CCCN(c2cc(Br)ccc2CNC(C)C)C1. The highest BCUT2D eigenvalue weighted by atomic mass is 79.9. The van der Waals surface area contributed by atoms with Crippen molar-refractivity contribution < 1.29 is 4.74 Å². The molecular formula is C17H27BrN2O. The van der Waals surface area contributed by atoms with Gasteiger partial charge in [-0.2, -0.15) is 0 Å². The number of methoxy groups -OCH3 is 1. The summed E-state index contributed by atoms with van der Waals surface area (Å²) in [7, 11) is 1.80. The van der Waals surface area contributed by atoms with Gasteiger partial charge in [0.1, 0.15) is 0 Å². The monoisotopic (exact) mass is 354 g/mol. The van der Waals surface area contributed by atoms with Gasteiger partial charge in [0.05, 0.1) is 6.61 Å². The van der Waals surface area contributed by atoms with E-state index in [-0.39, 0.29) is 0 Å². The van der Waals surface area contributed by atoms with E-state index in [1.165, 1.54) is 24.1 Å². The van der Waals surface area contributed by atoms with Gasteiger partial charge >= 0.3 is 0 Å². The van der Waals surface area contributed by atoms with E-state index in [9.17, 15) is 0 Å². The maximum Gasteiger partial charge on any atom is 0.0507 e. The van der Waals surface area contributed by atoms with Gasteiger partial charge in [-0.3, -0.25) is 0 Å². The standard InChI is InChI=1S/C17H27BrN2O/c1-13(2)19-10-15-6-7-16(18)9-17(15)20-8-4-5-14(11-20)12-21-3/h6-7,9,13-14,19H,4-5,8,10-12H2,1-3H3. The number of halogens is 1. The fourth-order valence-corrected chi connectivity index (χ4v) is 3.30. The van der Waals surface area contributed by atoms with E-state index in [0.717, 1.165) is 30.7 Å². The van der Waals surface area contributed by atoms with Crippen LogP contribution < -0.4 is 10.2 Å². The molecule has 1 aliphatic rings. The molecule has 0 saturated carbocycles. The Kier molecular flexibility index (Phi) is 6.52. The Morgan fingerprint density at radius 1 is 1.43 bits per heavy atom. The Hall–Kier alpha value is -0.580. The van der Waals surface area contributed by atoms with Crippen LogP contribution in [0.25, 0.3) is 0 Å². The number of nitrogens with one attached hydrogen (secondary N) is 1. The van der Waals surface area contributed by atoms with Crippen LogP contribution in [0.15, 0.2) is 22.7 Å². The number of nitrogens with zero attached hydrogens (tertiary/aromatic N) is 1. The van der Waals surface area contributed by atoms with E-state index in [0.29, 0.717) is 12.0 Å². The lowest BCUT2D eigenvalue weighted by Gasteiger charge is -2.35. The zero-order chi connectivity index (χ0) is 15.2. The molecule has 1 aromatic rings. The first-order valence-corrected chi connectivity index (χ1v) is 8.65. The number of rotatable bonds is 6. The summed E-state index contributed by atoms with van der Waals surface area (Å²) < 4.78 is 6.50. The average Bonchev–Trinajstić information content (AvgIpc) is 2.46. The Morgan fingerprint density at radius 2 is 2.24 bits per heavy atom. The van der Waals surface area contributed by atoms with Crippen LogP contribution in [-0.4, -0.2) is 32.8 Å². The quantitative estimate of drug-likeness (QED) is 0.840. The molecule has 21 heavy (non-hydrogen) atoms. The van der Waals surface area contributed by atoms with Crippen molar-refractivity contribution in [3.8, 4) is 0 Å². The van der Waals surface area contributed by atoms with Crippen molar-refractivity contribution in [2.75, 3.05) is 31.7 Å². The van der Waals surface area contributed by atoms with Gasteiger partial charge in [0, 0.05) is 42.9 Å². The van der Waals surface area contributed by atoms with Crippen LogP contribution in [0.1, 0.15) is 32.3 Å². The molecule has 0 radical (unpaired) electrons. The minimum Gasteiger partial charge on any atom is -0.384 e. The van der Waals surface area contributed by atoms with Crippen LogP contribution in [0, 0.1) is 5.92 Å². The van der Waals surface area contributed by atoms with E-state index in [1.807, 2.05) is 0 Å². The van der Waals surface area contributed by atoms with Crippen LogP contribution >= 0.6 is 15.9 Å². The third kappa shape index (κ3) is 4.97. The lowest BCUT2D eigenvalue weighted by molar-refractivity contribution is 0.143. The minimum atomic E-state index is 0.504. The summed E-state index contributed by atoms with van der Waals surface area (Å²) in [5, 5.41) is 3.53. The molecule has 0 spiro atoms. The van der Waals surface area contributed by atoms with Crippen LogP contribution in [0.4, 0.5) is 5.69 Å². The molecule has 1 aliphatic heterocycles. The lowest BCUT2D eigenvalue weighted by Crippen LogP contribution is -2.38. The molecular weight excluding hydrogens is 328 g/mol. The van der Waals surface area contributed by atoms with Crippen molar-refractivity contribution in [3.05, 3.63) is 28.2 Å². The molecule has 3 nitrogen and oxygen atoms in total. The molecule has 118 valence electrons. The number of benzene rings is 1. The van der Waals surface area contributed by atoms with Crippen LogP contribution in [0.5, 0.6) is 0 Å².